The van der Waals surface area contributed by atoms with Gasteiger partial charge in [0.05, 0.1) is 11.7 Å². The summed E-state index contributed by atoms with van der Waals surface area (Å²) < 4.78 is 3.41. The van der Waals surface area contributed by atoms with Crippen molar-refractivity contribution in [3.63, 3.8) is 0 Å². The van der Waals surface area contributed by atoms with Crippen LogP contribution in [0.1, 0.15) is 12.2 Å². The Morgan fingerprint density at radius 3 is 3.26 bits per heavy atom. The number of hydrogen-bond acceptors (Lipinski definition) is 5. The first-order chi connectivity index (χ1) is 11.2. The minimum absolute atomic E-state index is 0.00902. The average molecular weight is 329 g/mol. The number of imidazole rings is 1. The molecule has 1 aliphatic heterocycles. The summed E-state index contributed by atoms with van der Waals surface area (Å²) in [5, 5.41) is 5.38. The van der Waals surface area contributed by atoms with Gasteiger partial charge in [-0.15, -0.1) is 11.3 Å². The Morgan fingerprint density at radius 2 is 2.35 bits per heavy atom. The van der Waals surface area contributed by atoms with Crippen molar-refractivity contribution in [1.29, 1.82) is 0 Å². The molecule has 4 rings (SSSR count). The van der Waals surface area contributed by atoms with E-state index < -0.39 is 0 Å². The lowest BCUT2D eigenvalue weighted by atomic mass is 10.1. The van der Waals surface area contributed by atoms with Crippen LogP contribution in [-0.4, -0.2) is 31.1 Å². The summed E-state index contributed by atoms with van der Waals surface area (Å²) in [4.78, 5) is 33.7. The number of aromatic nitrogens is 4. The topological polar surface area (TPSA) is 81.8 Å². The second-order valence-electron chi connectivity index (χ2n) is 5.62. The largest absolute Gasteiger partial charge is 0.350 e. The van der Waals surface area contributed by atoms with Gasteiger partial charge in [0.2, 0.25) is 5.91 Å². The van der Waals surface area contributed by atoms with Crippen molar-refractivity contribution in [3.8, 4) is 0 Å². The lowest BCUT2D eigenvalue weighted by molar-refractivity contribution is -0.122. The van der Waals surface area contributed by atoms with Crippen LogP contribution in [0.3, 0.4) is 0 Å². The highest BCUT2D eigenvalue weighted by atomic mass is 32.1. The van der Waals surface area contributed by atoms with Crippen LogP contribution in [0.25, 0.3) is 10.2 Å². The summed E-state index contributed by atoms with van der Waals surface area (Å²) in [6.07, 6.45) is 6.85. The average Bonchev–Trinajstić information content (AvgIpc) is 3.18. The normalized spacial score (nSPS) is 17.1. The molecule has 1 atom stereocenters. The molecule has 1 aliphatic rings. The van der Waals surface area contributed by atoms with E-state index in [1.165, 1.54) is 22.2 Å². The molecule has 3 aromatic rings. The first kappa shape index (κ1) is 14.1. The molecule has 118 valence electrons. The fraction of sp³-hybridized carbons (Fsp3) is 0.333. The van der Waals surface area contributed by atoms with E-state index >= 15 is 0 Å². The third-order valence-corrected chi connectivity index (χ3v) is 4.89. The Kier molecular flexibility index (Phi) is 3.45. The Morgan fingerprint density at radius 1 is 1.43 bits per heavy atom. The first-order valence-corrected chi connectivity index (χ1v) is 8.31. The molecule has 0 fully saturated rings. The number of carbonyl (C=O) groups is 1. The van der Waals surface area contributed by atoms with Crippen LogP contribution >= 0.6 is 11.3 Å². The van der Waals surface area contributed by atoms with E-state index in [1.807, 2.05) is 11.6 Å². The van der Waals surface area contributed by atoms with E-state index in [4.69, 9.17) is 0 Å². The maximum atomic E-state index is 12.3. The highest BCUT2D eigenvalue weighted by Crippen LogP contribution is 2.14. The molecular formula is C15H15N5O2S. The molecule has 8 heteroatoms. The minimum Gasteiger partial charge on any atom is -0.350 e. The lowest BCUT2D eigenvalue weighted by Gasteiger charge is -2.24. The second-order valence-corrected chi connectivity index (χ2v) is 6.51. The number of thiophene rings is 1. The summed E-state index contributed by atoms with van der Waals surface area (Å²) in [6.45, 7) is 0.711. The lowest BCUT2D eigenvalue weighted by Crippen LogP contribution is -2.43. The highest BCUT2D eigenvalue weighted by Gasteiger charge is 2.20. The minimum atomic E-state index is -0.174. The highest BCUT2D eigenvalue weighted by molar-refractivity contribution is 7.16. The zero-order valence-corrected chi connectivity index (χ0v) is 13.1. The van der Waals surface area contributed by atoms with E-state index in [0.29, 0.717) is 10.2 Å². The standard InChI is InChI=1S/C15H15N5O2S/c21-13(18-10-1-2-12-16-4-5-19(12)7-10)8-20-9-17-14-11(15(20)22)3-6-23-14/h3-6,9-10H,1-2,7-8H2,(H,18,21). The van der Waals surface area contributed by atoms with Crippen molar-refractivity contribution in [2.45, 2.75) is 32.0 Å². The summed E-state index contributed by atoms with van der Waals surface area (Å²) in [6, 6.07) is 1.81. The molecule has 3 aromatic heterocycles. The monoisotopic (exact) mass is 329 g/mol. The fourth-order valence-electron chi connectivity index (χ4n) is 2.92. The molecule has 0 bridgehead atoms. The number of nitrogens with one attached hydrogen (secondary N) is 1. The van der Waals surface area contributed by atoms with Gasteiger partial charge in [-0.3, -0.25) is 14.2 Å². The number of rotatable bonds is 3. The zero-order valence-electron chi connectivity index (χ0n) is 12.3. The number of carbonyl (C=O) groups excluding carboxylic acids is 1. The number of nitrogens with zero attached hydrogens (tertiary/aromatic N) is 4. The molecule has 0 saturated carbocycles. The number of fused-ring (bicyclic) bond motifs is 2. The molecule has 1 amide bonds. The Labute approximate surface area is 135 Å². The molecule has 0 radical (unpaired) electrons. The van der Waals surface area contributed by atoms with E-state index in [-0.39, 0.29) is 24.1 Å². The van der Waals surface area contributed by atoms with Crippen molar-refractivity contribution >= 4 is 27.5 Å². The second kappa shape index (κ2) is 5.62. The maximum absolute atomic E-state index is 12.3. The molecule has 0 saturated heterocycles. The molecular weight excluding hydrogens is 314 g/mol. The van der Waals surface area contributed by atoms with Gasteiger partial charge in [-0.1, -0.05) is 0 Å². The Balaban J connectivity index is 1.45. The molecule has 7 nitrogen and oxygen atoms in total. The number of hydrogen-bond donors (Lipinski definition) is 1. The van der Waals surface area contributed by atoms with Gasteiger partial charge in [-0.05, 0) is 17.9 Å². The SMILES string of the molecule is O=C(Cn1cnc2sccc2c1=O)NC1CCc2nccn2C1. The molecule has 1 N–H and O–H groups in total. The third-order valence-electron chi connectivity index (χ3n) is 4.06. The van der Waals surface area contributed by atoms with E-state index in [1.54, 1.807) is 12.3 Å². The van der Waals surface area contributed by atoms with Crippen LogP contribution < -0.4 is 10.9 Å². The van der Waals surface area contributed by atoms with E-state index in [0.717, 1.165) is 25.2 Å². The van der Waals surface area contributed by atoms with E-state index in [2.05, 4.69) is 19.9 Å². The zero-order chi connectivity index (χ0) is 15.8. The summed E-state index contributed by atoms with van der Waals surface area (Å²) in [5.41, 5.74) is -0.174. The van der Waals surface area contributed by atoms with E-state index in [9.17, 15) is 9.59 Å². The summed E-state index contributed by atoms with van der Waals surface area (Å²) >= 11 is 1.42. The third kappa shape index (κ3) is 2.65. The number of aryl methyl sites for hydroxylation is 1. The van der Waals surface area contributed by atoms with Crippen LogP contribution in [0.4, 0.5) is 0 Å². The van der Waals surface area contributed by atoms with Gasteiger partial charge in [0.1, 0.15) is 17.2 Å². The van der Waals surface area contributed by atoms with Gasteiger partial charge in [0.25, 0.3) is 5.56 Å². The molecule has 0 aromatic carbocycles. The van der Waals surface area contributed by atoms with Crippen LogP contribution in [0.15, 0.2) is 35.0 Å². The van der Waals surface area contributed by atoms with Crippen LogP contribution in [0, 0.1) is 0 Å². The Bertz CT molecular complexity index is 925. The molecule has 4 heterocycles. The van der Waals surface area contributed by atoms with Crippen molar-refractivity contribution in [2.24, 2.45) is 0 Å². The van der Waals surface area contributed by atoms with Gasteiger partial charge < -0.3 is 9.88 Å². The van der Waals surface area contributed by atoms with Gasteiger partial charge >= 0.3 is 0 Å². The van der Waals surface area contributed by atoms with Crippen molar-refractivity contribution in [2.75, 3.05) is 0 Å². The maximum Gasteiger partial charge on any atom is 0.262 e. The predicted molar refractivity (Wildman–Crippen MR) is 86.4 cm³/mol. The molecule has 1 unspecified atom stereocenters. The number of amides is 1. The van der Waals surface area contributed by atoms with Gasteiger partial charge in [0, 0.05) is 31.4 Å². The molecule has 23 heavy (non-hydrogen) atoms. The van der Waals surface area contributed by atoms with Gasteiger partial charge in [-0.2, -0.15) is 0 Å². The molecule has 0 aliphatic carbocycles. The smallest absolute Gasteiger partial charge is 0.262 e. The van der Waals surface area contributed by atoms with Crippen molar-refractivity contribution < 1.29 is 4.79 Å². The summed E-state index contributed by atoms with van der Waals surface area (Å²) in [7, 11) is 0. The van der Waals surface area contributed by atoms with Gasteiger partial charge in [0.15, 0.2) is 0 Å². The van der Waals surface area contributed by atoms with Crippen LogP contribution in [0.2, 0.25) is 0 Å². The first-order valence-electron chi connectivity index (χ1n) is 7.43. The van der Waals surface area contributed by atoms with Gasteiger partial charge in [-0.25, -0.2) is 9.97 Å². The van der Waals surface area contributed by atoms with Crippen molar-refractivity contribution in [3.05, 3.63) is 46.3 Å². The van der Waals surface area contributed by atoms with Crippen LogP contribution in [0.5, 0.6) is 0 Å². The fourth-order valence-corrected chi connectivity index (χ4v) is 3.64. The summed E-state index contributed by atoms with van der Waals surface area (Å²) in [5.74, 6) is 0.885. The van der Waals surface area contributed by atoms with Crippen LogP contribution in [-0.2, 0) is 24.3 Å². The predicted octanol–water partition coefficient (Wildman–Crippen LogP) is 0.786. The molecule has 0 spiro atoms. The quantitative estimate of drug-likeness (QED) is 0.770. The Hall–Kier alpha value is -2.48. The van der Waals surface area contributed by atoms with Crippen molar-refractivity contribution in [1.82, 2.24) is 24.4 Å².